The highest BCUT2D eigenvalue weighted by molar-refractivity contribution is 6.31. The Morgan fingerprint density at radius 1 is 1.00 bits per heavy atom. The van der Waals surface area contributed by atoms with Crippen LogP contribution in [0.25, 0.3) is 0 Å². The van der Waals surface area contributed by atoms with E-state index in [1.807, 2.05) is 0 Å². The van der Waals surface area contributed by atoms with E-state index in [4.69, 9.17) is 11.6 Å². The summed E-state index contributed by atoms with van der Waals surface area (Å²) in [5, 5.41) is -1.21. The van der Waals surface area contributed by atoms with Gasteiger partial charge in [-0.1, -0.05) is 11.6 Å². The molecule has 0 aliphatic heterocycles. The average molecular weight is 283 g/mol. The van der Waals surface area contributed by atoms with Crippen LogP contribution in [0.2, 0.25) is 5.02 Å². The molecule has 0 aromatic heterocycles. The Labute approximate surface area is 94.7 Å². The van der Waals surface area contributed by atoms with Crippen LogP contribution in [0.5, 0.6) is 5.75 Å². The zero-order valence-electron chi connectivity index (χ0n) is 7.59. The standard InChI is InChI=1S/C8H2ClF7O/c9-4-1-3(17-8(14,15)16)2-5(10)6(4)7(11,12)13/h1-2H. The van der Waals surface area contributed by atoms with E-state index < -0.39 is 34.7 Å². The zero-order valence-corrected chi connectivity index (χ0v) is 8.34. The van der Waals surface area contributed by atoms with Gasteiger partial charge in [0.25, 0.3) is 0 Å². The van der Waals surface area contributed by atoms with Crippen molar-refractivity contribution < 1.29 is 35.5 Å². The molecule has 0 atom stereocenters. The molecule has 0 fully saturated rings. The zero-order chi connectivity index (χ0) is 13.4. The molecule has 1 nitrogen and oxygen atoms in total. The van der Waals surface area contributed by atoms with Crippen LogP contribution < -0.4 is 4.74 Å². The molecular weight excluding hydrogens is 281 g/mol. The molecule has 9 heteroatoms. The predicted octanol–water partition coefficient (Wildman–Crippen LogP) is 4.40. The monoisotopic (exact) mass is 282 g/mol. The number of benzene rings is 1. The van der Waals surface area contributed by atoms with Crippen LogP contribution in [0.1, 0.15) is 5.56 Å². The normalized spacial score (nSPS) is 12.7. The van der Waals surface area contributed by atoms with Gasteiger partial charge in [0.05, 0.1) is 5.02 Å². The molecule has 0 spiro atoms. The van der Waals surface area contributed by atoms with Crippen LogP contribution in [-0.4, -0.2) is 6.36 Å². The number of ether oxygens (including phenoxy) is 1. The topological polar surface area (TPSA) is 9.23 Å². The highest BCUT2D eigenvalue weighted by Crippen LogP contribution is 2.39. The number of hydrogen-bond donors (Lipinski definition) is 0. The van der Waals surface area contributed by atoms with Crippen LogP contribution >= 0.6 is 11.6 Å². The first-order valence-corrected chi connectivity index (χ1v) is 4.20. The smallest absolute Gasteiger partial charge is 0.406 e. The Bertz CT molecular complexity index is 400. The lowest BCUT2D eigenvalue weighted by molar-refractivity contribution is -0.274. The molecule has 0 amide bonds. The van der Waals surface area contributed by atoms with Gasteiger partial charge in [0, 0.05) is 6.07 Å². The van der Waals surface area contributed by atoms with Crippen molar-refractivity contribution in [2.24, 2.45) is 0 Å². The highest BCUT2D eigenvalue weighted by atomic mass is 35.5. The van der Waals surface area contributed by atoms with Crippen LogP contribution in [0.3, 0.4) is 0 Å². The Kier molecular flexibility index (Phi) is 3.47. The first-order valence-electron chi connectivity index (χ1n) is 3.82. The molecule has 0 saturated heterocycles. The first-order chi connectivity index (χ1) is 7.50. The minimum atomic E-state index is -5.14. The Hall–Kier alpha value is -1.18. The molecule has 1 rings (SSSR count). The molecule has 0 saturated carbocycles. The minimum Gasteiger partial charge on any atom is -0.406 e. The van der Waals surface area contributed by atoms with E-state index in [0.717, 1.165) is 0 Å². The van der Waals surface area contributed by atoms with E-state index in [1.54, 1.807) is 0 Å². The quantitative estimate of drug-likeness (QED) is 0.694. The molecule has 0 unspecified atom stereocenters. The van der Waals surface area contributed by atoms with Gasteiger partial charge in [-0.2, -0.15) is 13.2 Å². The second-order valence-corrected chi connectivity index (χ2v) is 3.21. The summed E-state index contributed by atoms with van der Waals surface area (Å²) in [4.78, 5) is 0. The lowest BCUT2D eigenvalue weighted by atomic mass is 10.2. The Morgan fingerprint density at radius 2 is 1.53 bits per heavy atom. The van der Waals surface area contributed by atoms with Crippen molar-refractivity contribution in [3.05, 3.63) is 28.5 Å². The fraction of sp³-hybridized carbons (Fsp3) is 0.250. The van der Waals surface area contributed by atoms with Gasteiger partial charge in [-0.05, 0) is 6.07 Å². The third kappa shape index (κ3) is 3.65. The number of alkyl halides is 6. The third-order valence-corrected chi connectivity index (χ3v) is 1.83. The molecule has 1 aromatic carbocycles. The Morgan fingerprint density at radius 3 is 1.88 bits per heavy atom. The minimum absolute atomic E-state index is 0.0395. The van der Waals surface area contributed by atoms with Gasteiger partial charge in [0.15, 0.2) is 0 Å². The van der Waals surface area contributed by atoms with Gasteiger partial charge >= 0.3 is 12.5 Å². The molecule has 0 bridgehead atoms. The van der Waals surface area contributed by atoms with Crippen molar-refractivity contribution in [1.29, 1.82) is 0 Å². The van der Waals surface area contributed by atoms with E-state index in [-0.39, 0.29) is 12.1 Å². The number of hydrogen-bond acceptors (Lipinski definition) is 1. The van der Waals surface area contributed by atoms with Crippen molar-refractivity contribution in [2.75, 3.05) is 0 Å². The van der Waals surface area contributed by atoms with Gasteiger partial charge in [0.1, 0.15) is 17.1 Å². The lowest BCUT2D eigenvalue weighted by Crippen LogP contribution is -2.18. The van der Waals surface area contributed by atoms with Crippen LogP contribution in [0.4, 0.5) is 30.7 Å². The molecule has 96 valence electrons. The van der Waals surface area contributed by atoms with E-state index in [9.17, 15) is 30.7 Å². The van der Waals surface area contributed by atoms with Crippen LogP contribution in [0, 0.1) is 5.82 Å². The Balaban J connectivity index is 3.19. The predicted molar refractivity (Wildman–Crippen MR) is 43.1 cm³/mol. The highest BCUT2D eigenvalue weighted by Gasteiger charge is 2.38. The SMILES string of the molecule is Fc1cc(OC(F)(F)F)cc(Cl)c1C(F)(F)F. The maximum atomic E-state index is 12.9. The molecular formula is C8H2ClF7O. The van der Waals surface area contributed by atoms with Gasteiger partial charge < -0.3 is 4.74 Å². The van der Waals surface area contributed by atoms with Gasteiger partial charge in [-0.3, -0.25) is 0 Å². The summed E-state index contributed by atoms with van der Waals surface area (Å²) in [5.41, 5.74) is -1.84. The molecule has 0 aliphatic rings. The summed E-state index contributed by atoms with van der Waals surface area (Å²) in [5.74, 6) is -3.10. The molecule has 0 heterocycles. The van der Waals surface area contributed by atoms with Crippen molar-refractivity contribution in [3.8, 4) is 5.75 Å². The summed E-state index contributed by atoms with van der Waals surface area (Å²) in [7, 11) is 0. The fourth-order valence-corrected chi connectivity index (χ4v) is 1.32. The van der Waals surface area contributed by atoms with Crippen molar-refractivity contribution in [1.82, 2.24) is 0 Å². The van der Waals surface area contributed by atoms with Crippen LogP contribution in [0.15, 0.2) is 12.1 Å². The number of halogens is 8. The van der Waals surface area contributed by atoms with Gasteiger partial charge in [-0.15, -0.1) is 13.2 Å². The molecule has 17 heavy (non-hydrogen) atoms. The second kappa shape index (κ2) is 4.25. The largest absolute Gasteiger partial charge is 0.573 e. The summed E-state index contributed by atoms with van der Waals surface area (Å²) < 4.78 is 87.9. The summed E-state index contributed by atoms with van der Waals surface area (Å²) in [6, 6.07) is 0.198. The van der Waals surface area contributed by atoms with Crippen LogP contribution in [-0.2, 0) is 6.18 Å². The molecule has 0 radical (unpaired) electrons. The fourth-order valence-electron chi connectivity index (χ4n) is 1.01. The summed E-state index contributed by atoms with van der Waals surface area (Å²) in [6.07, 6.45) is -10.2. The summed E-state index contributed by atoms with van der Waals surface area (Å²) >= 11 is 5.04. The second-order valence-electron chi connectivity index (χ2n) is 2.81. The maximum absolute atomic E-state index is 12.9. The van der Waals surface area contributed by atoms with Gasteiger partial charge in [-0.25, -0.2) is 4.39 Å². The maximum Gasteiger partial charge on any atom is 0.573 e. The molecule has 0 aliphatic carbocycles. The van der Waals surface area contributed by atoms with Crippen molar-refractivity contribution in [3.63, 3.8) is 0 Å². The van der Waals surface area contributed by atoms with E-state index in [2.05, 4.69) is 4.74 Å². The number of rotatable bonds is 1. The molecule has 0 N–H and O–H groups in total. The van der Waals surface area contributed by atoms with Crippen molar-refractivity contribution >= 4 is 11.6 Å². The third-order valence-electron chi connectivity index (χ3n) is 1.53. The van der Waals surface area contributed by atoms with Gasteiger partial charge in [0.2, 0.25) is 0 Å². The van der Waals surface area contributed by atoms with E-state index in [1.165, 1.54) is 0 Å². The lowest BCUT2D eigenvalue weighted by Gasteiger charge is -2.13. The average Bonchev–Trinajstić information content (AvgIpc) is 1.94. The first kappa shape index (κ1) is 13.9. The van der Waals surface area contributed by atoms with E-state index >= 15 is 0 Å². The summed E-state index contributed by atoms with van der Waals surface area (Å²) in [6.45, 7) is 0. The van der Waals surface area contributed by atoms with Crippen molar-refractivity contribution in [2.45, 2.75) is 12.5 Å². The molecule has 1 aromatic rings. The van der Waals surface area contributed by atoms with E-state index in [0.29, 0.717) is 0 Å².